The number of nitrogens with one attached hydrogen (secondary N) is 1. The monoisotopic (exact) mass is 257 g/mol. The zero-order chi connectivity index (χ0) is 13.4. The highest BCUT2D eigenvalue weighted by molar-refractivity contribution is 5.81. The second-order valence-electron chi connectivity index (χ2n) is 4.88. The average Bonchev–Trinajstić information content (AvgIpc) is 2.42. The summed E-state index contributed by atoms with van der Waals surface area (Å²) in [6.07, 6.45) is 2.92. The third-order valence-corrected chi connectivity index (χ3v) is 3.38. The Balaban J connectivity index is 2.21. The van der Waals surface area contributed by atoms with Crippen LogP contribution in [0.1, 0.15) is 33.1 Å². The van der Waals surface area contributed by atoms with Gasteiger partial charge >= 0.3 is 0 Å². The van der Waals surface area contributed by atoms with E-state index < -0.39 is 0 Å². The average molecular weight is 257 g/mol. The quantitative estimate of drug-likeness (QED) is 0.690. The van der Waals surface area contributed by atoms with Crippen LogP contribution in [0.3, 0.4) is 0 Å². The number of nitrogens with two attached hydrogens (primary N) is 1. The summed E-state index contributed by atoms with van der Waals surface area (Å²) in [5.41, 5.74) is 5.81. The normalized spacial score (nSPS) is 22.7. The van der Waals surface area contributed by atoms with E-state index in [4.69, 9.17) is 10.5 Å². The topological polar surface area (TPSA) is 67.6 Å². The predicted molar refractivity (Wildman–Crippen MR) is 72.4 cm³/mol. The van der Waals surface area contributed by atoms with Crippen molar-refractivity contribution >= 4 is 5.91 Å². The number of rotatable bonds is 7. The summed E-state index contributed by atoms with van der Waals surface area (Å²) >= 11 is 0. The summed E-state index contributed by atoms with van der Waals surface area (Å²) in [4.78, 5) is 14.1. The molecule has 1 aliphatic heterocycles. The molecule has 0 spiro atoms. The number of nitrogens with zero attached hydrogens (tertiary/aromatic N) is 1. The maximum Gasteiger partial charge on any atom is 0.237 e. The molecular formula is C13H27N3O2. The molecule has 0 aliphatic carbocycles. The Kier molecular flexibility index (Phi) is 7.23. The van der Waals surface area contributed by atoms with Gasteiger partial charge in [-0.1, -0.05) is 26.7 Å². The SMILES string of the molecule is CCCC[C@H](N)C(=O)NCC1CN(CC)CCO1. The Bertz CT molecular complexity index is 248. The van der Waals surface area contributed by atoms with Crippen LogP contribution in [0.25, 0.3) is 0 Å². The van der Waals surface area contributed by atoms with Crippen molar-refractivity contribution in [3.8, 4) is 0 Å². The van der Waals surface area contributed by atoms with Crippen molar-refractivity contribution in [2.75, 3.05) is 32.8 Å². The van der Waals surface area contributed by atoms with Gasteiger partial charge in [-0.15, -0.1) is 0 Å². The lowest BCUT2D eigenvalue weighted by Crippen LogP contribution is -2.49. The lowest BCUT2D eigenvalue weighted by molar-refractivity contribution is -0.123. The first kappa shape index (κ1) is 15.4. The Hall–Kier alpha value is -0.650. The van der Waals surface area contributed by atoms with Gasteiger partial charge < -0.3 is 15.8 Å². The molecule has 106 valence electrons. The number of hydrogen-bond acceptors (Lipinski definition) is 4. The number of unbranched alkanes of at least 4 members (excludes halogenated alkanes) is 1. The van der Waals surface area contributed by atoms with Gasteiger partial charge in [0.2, 0.25) is 5.91 Å². The van der Waals surface area contributed by atoms with Crippen LogP contribution in [0.4, 0.5) is 0 Å². The summed E-state index contributed by atoms with van der Waals surface area (Å²) in [5.74, 6) is -0.0549. The van der Waals surface area contributed by atoms with Gasteiger partial charge in [0.25, 0.3) is 0 Å². The van der Waals surface area contributed by atoms with E-state index >= 15 is 0 Å². The zero-order valence-corrected chi connectivity index (χ0v) is 11.7. The fraction of sp³-hybridized carbons (Fsp3) is 0.923. The van der Waals surface area contributed by atoms with E-state index in [0.717, 1.165) is 45.5 Å². The summed E-state index contributed by atoms with van der Waals surface area (Å²) < 4.78 is 5.62. The zero-order valence-electron chi connectivity index (χ0n) is 11.7. The van der Waals surface area contributed by atoms with E-state index in [1.165, 1.54) is 0 Å². The van der Waals surface area contributed by atoms with Crippen LogP contribution in [-0.4, -0.2) is 55.7 Å². The molecule has 18 heavy (non-hydrogen) atoms. The van der Waals surface area contributed by atoms with E-state index in [1.807, 2.05) is 0 Å². The molecular weight excluding hydrogens is 230 g/mol. The van der Waals surface area contributed by atoms with Crippen molar-refractivity contribution in [1.82, 2.24) is 10.2 Å². The van der Waals surface area contributed by atoms with E-state index in [-0.39, 0.29) is 18.1 Å². The van der Waals surface area contributed by atoms with Gasteiger partial charge in [0, 0.05) is 19.6 Å². The van der Waals surface area contributed by atoms with Gasteiger partial charge in [-0.05, 0) is 13.0 Å². The van der Waals surface area contributed by atoms with Gasteiger partial charge in [0.05, 0.1) is 18.8 Å². The second kappa shape index (κ2) is 8.45. The number of hydrogen-bond donors (Lipinski definition) is 2. The van der Waals surface area contributed by atoms with Gasteiger partial charge in [0.15, 0.2) is 0 Å². The molecule has 0 aromatic carbocycles. The van der Waals surface area contributed by atoms with E-state index in [0.29, 0.717) is 6.54 Å². The van der Waals surface area contributed by atoms with Crippen molar-refractivity contribution in [2.24, 2.45) is 5.73 Å². The molecule has 0 aromatic heterocycles. The molecule has 5 heteroatoms. The molecule has 2 atom stereocenters. The van der Waals surface area contributed by atoms with E-state index in [1.54, 1.807) is 0 Å². The fourth-order valence-corrected chi connectivity index (χ4v) is 2.09. The molecule has 3 N–H and O–H groups in total. The minimum Gasteiger partial charge on any atom is -0.374 e. The Morgan fingerprint density at radius 2 is 2.33 bits per heavy atom. The molecule has 1 saturated heterocycles. The van der Waals surface area contributed by atoms with E-state index in [9.17, 15) is 4.79 Å². The lowest BCUT2D eigenvalue weighted by atomic mass is 10.1. The molecule has 0 bridgehead atoms. The van der Waals surface area contributed by atoms with Crippen LogP contribution < -0.4 is 11.1 Å². The van der Waals surface area contributed by atoms with Crippen LogP contribution in [0, 0.1) is 0 Å². The smallest absolute Gasteiger partial charge is 0.237 e. The molecule has 1 amide bonds. The van der Waals surface area contributed by atoms with Gasteiger partial charge in [-0.2, -0.15) is 0 Å². The number of carbonyl (C=O) groups excluding carboxylic acids is 1. The van der Waals surface area contributed by atoms with Gasteiger partial charge in [-0.25, -0.2) is 0 Å². The van der Waals surface area contributed by atoms with Crippen molar-refractivity contribution < 1.29 is 9.53 Å². The summed E-state index contributed by atoms with van der Waals surface area (Å²) in [7, 11) is 0. The number of likely N-dealkylation sites (N-methyl/N-ethyl adjacent to an activating group) is 1. The molecule has 1 rings (SSSR count). The van der Waals surface area contributed by atoms with Crippen molar-refractivity contribution in [2.45, 2.75) is 45.3 Å². The van der Waals surface area contributed by atoms with Crippen LogP contribution in [-0.2, 0) is 9.53 Å². The maximum atomic E-state index is 11.7. The molecule has 0 saturated carbocycles. The highest BCUT2D eigenvalue weighted by Crippen LogP contribution is 2.04. The number of morpholine rings is 1. The number of carbonyl (C=O) groups is 1. The van der Waals surface area contributed by atoms with Gasteiger partial charge in [-0.3, -0.25) is 9.69 Å². The largest absolute Gasteiger partial charge is 0.374 e. The van der Waals surface area contributed by atoms with Crippen LogP contribution in [0.5, 0.6) is 0 Å². The minimum atomic E-state index is -0.379. The second-order valence-corrected chi connectivity index (χ2v) is 4.88. The predicted octanol–water partition coefficient (Wildman–Crippen LogP) is 0.341. The molecule has 0 aromatic rings. The highest BCUT2D eigenvalue weighted by atomic mass is 16.5. The van der Waals surface area contributed by atoms with Crippen LogP contribution in [0.15, 0.2) is 0 Å². The first-order chi connectivity index (χ1) is 8.67. The first-order valence-corrected chi connectivity index (χ1v) is 7.04. The summed E-state index contributed by atoms with van der Waals surface area (Å²) in [5, 5.41) is 2.89. The number of amides is 1. The van der Waals surface area contributed by atoms with Crippen molar-refractivity contribution in [1.29, 1.82) is 0 Å². The van der Waals surface area contributed by atoms with E-state index in [2.05, 4.69) is 24.1 Å². The Labute approximate surface area is 110 Å². The highest BCUT2D eigenvalue weighted by Gasteiger charge is 2.20. The minimum absolute atomic E-state index is 0.0549. The lowest BCUT2D eigenvalue weighted by Gasteiger charge is -2.32. The summed E-state index contributed by atoms with van der Waals surface area (Å²) in [6, 6.07) is -0.379. The maximum absolute atomic E-state index is 11.7. The molecule has 1 heterocycles. The summed E-state index contributed by atoms with van der Waals surface area (Å²) in [6.45, 7) is 8.45. The van der Waals surface area contributed by atoms with Crippen LogP contribution >= 0.6 is 0 Å². The molecule has 1 aliphatic rings. The first-order valence-electron chi connectivity index (χ1n) is 7.04. The molecule has 1 unspecified atom stereocenters. The third-order valence-electron chi connectivity index (χ3n) is 3.38. The van der Waals surface area contributed by atoms with Crippen molar-refractivity contribution in [3.63, 3.8) is 0 Å². The third kappa shape index (κ3) is 5.33. The molecule has 1 fully saturated rings. The molecule has 5 nitrogen and oxygen atoms in total. The number of ether oxygens (including phenoxy) is 1. The van der Waals surface area contributed by atoms with Crippen molar-refractivity contribution in [3.05, 3.63) is 0 Å². The van der Waals surface area contributed by atoms with Gasteiger partial charge in [0.1, 0.15) is 0 Å². The standard InChI is InChI=1S/C13H27N3O2/c1-3-5-6-12(14)13(17)15-9-11-10-16(4-2)7-8-18-11/h11-12H,3-10,14H2,1-2H3,(H,15,17)/t11?,12-/m0/s1. The Morgan fingerprint density at radius 1 is 1.56 bits per heavy atom. The fourth-order valence-electron chi connectivity index (χ4n) is 2.09. The Morgan fingerprint density at radius 3 is 3.00 bits per heavy atom. The van der Waals surface area contributed by atoms with Crippen LogP contribution in [0.2, 0.25) is 0 Å². The molecule has 0 radical (unpaired) electrons.